The van der Waals surface area contributed by atoms with Gasteiger partial charge >= 0.3 is 5.97 Å². The monoisotopic (exact) mass is 502 g/mol. The number of carbonyl (C=O) groups is 4. The van der Waals surface area contributed by atoms with E-state index in [0.29, 0.717) is 11.4 Å². The van der Waals surface area contributed by atoms with Crippen molar-refractivity contribution in [1.29, 1.82) is 0 Å². The number of nitrogens with two attached hydrogens (primary N) is 1. The molecule has 4 atom stereocenters. The number of carbonyl (C=O) groups excluding carboxylic acids is 3. The molecule has 1 heterocycles. The van der Waals surface area contributed by atoms with Gasteiger partial charge in [0.15, 0.2) is 0 Å². The van der Waals surface area contributed by atoms with E-state index in [1.807, 2.05) is 20.1 Å². The van der Waals surface area contributed by atoms with E-state index in [1.54, 1.807) is 0 Å². The Bertz CT molecular complexity index is 777. The Labute approximate surface area is 203 Å². The van der Waals surface area contributed by atoms with Gasteiger partial charge in [0.2, 0.25) is 17.7 Å². The third-order valence-corrected chi connectivity index (χ3v) is 5.75. The molecule has 0 aliphatic carbocycles. The van der Waals surface area contributed by atoms with Crippen LogP contribution in [0.5, 0.6) is 0 Å². The number of rotatable bonds is 15. The van der Waals surface area contributed by atoms with E-state index in [2.05, 4.69) is 38.5 Å². The summed E-state index contributed by atoms with van der Waals surface area (Å²) in [7, 11) is 0. The zero-order chi connectivity index (χ0) is 25.0. The molecule has 186 valence electrons. The van der Waals surface area contributed by atoms with Crippen LogP contribution in [-0.2, 0) is 25.6 Å². The molecule has 13 heteroatoms. The van der Waals surface area contributed by atoms with Crippen molar-refractivity contribution in [3.05, 3.63) is 18.2 Å². The molecule has 0 aromatic carbocycles. The van der Waals surface area contributed by atoms with Gasteiger partial charge in [-0.25, -0.2) is 9.78 Å². The van der Waals surface area contributed by atoms with Crippen molar-refractivity contribution in [3.63, 3.8) is 0 Å². The minimum Gasteiger partial charge on any atom is -0.480 e. The van der Waals surface area contributed by atoms with E-state index in [4.69, 9.17) is 5.73 Å². The van der Waals surface area contributed by atoms with Crippen molar-refractivity contribution in [1.82, 2.24) is 25.9 Å². The SMILES string of the molecule is CSCCC(NC(=O)C(CC(C)C)NC(=O)C(Cc1cnc[nH]1)NC(=O)C(N)CS)C(=O)O. The van der Waals surface area contributed by atoms with Gasteiger partial charge in [-0.15, -0.1) is 0 Å². The smallest absolute Gasteiger partial charge is 0.326 e. The quantitative estimate of drug-likeness (QED) is 0.158. The zero-order valence-corrected chi connectivity index (χ0v) is 20.7. The molecule has 33 heavy (non-hydrogen) atoms. The number of nitrogens with zero attached hydrogens (tertiary/aromatic N) is 1. The molecule has 1 aromatic heterocycles. The Morgan fingerprint density at radius 2 is 1.73 bits per heavy atom. The lowest BCUT2D eigenvalue weighted by molar-refractivity contribution is -0.142. The average molecular weight is 503 g/mol. The summed E-state index contributed by atoms with van der Waals surface area (Å²) in [6.45, 7) is 3.76. The summed E-state index contributed by atoms with van der Waals surface area (Å²) in [5.74, 6) is -2.20. The lowest BCUT2D eigenvalue weighted by atomic mass is 10.0. The van der Waals surface area contributed by atoms with Gasteiger partial charge in [-0.05, 0) is 30.8 Å². The van der Waals surface area contributed by atoms with Crippen molar-refractivity contribution < 1.29 is 24.3 Å². The third-order valence-electron chi connectivity index (χ3n) is 4.71. The fourth-order valence-electron chi connectivity index (χ4n) is 2.93. The molecule has 7 N–H and O–H groups in total. The molecular formula is C20H34N6O5S2. The molecule has 0 fully saturated rings. The average Bonchev–Trinajstić information content (AvgIpc) is 3.27. The summed E-state index contributed by atoms with van der Waals surface area (Å²) in [5, 5.41) is 17.2. The van der Waals surface area contributed by atoms with Gasteiger partial charge in [-0.2, -0.15) is 24.4 Å². The summed E-state index contributed by atoms with van der Waals surface area (Å²) in [6, 6.07) is -3.98. The maximum atomic E-state index is 13.1. The van der Waals surface area contributed by atoms with Crippen molar-refractivity contribution in [2.75, 3.05) is 17.8 Å². The third kappa shape index (κ3) is 10.5. The number of thioether (sulfide) groups is 1. The number of nitrogens with one attached hydrogen (secondary N) is 4. The molecule has 3 amide bonds. The Morgan fingerprint density at radius 3 is 2.24 bits per heavy atom. The highest BCUT2D eigenvalue weighted by atomic mass is 32.2. The van der Waals surface area contributed by atoms with Gasteiger partial charge < -0.3 is 31.8 Å². The normalized spacial score (nSPS) is 14.7. The van der Waals surface area contributed by atoms with E-state index in [9.17, 15) is 24.3 Å². The van der Waals surface area contributed by atoms with Crippen LogP contribution in [0, 0.1) is 5.92 Å². The van der Waals surface area contributed by atoms with E-state index in [0.717, 1.165) is 0 Å². The first kappa shape index (κ1) is 28.8. The van der Waals surface area contributed by atoms with Crippen LogP contribution < -0.4 is 21.7 Å². The van der Waals surface area contributed by atoms with Crippen LogP contribution in [0.1, 0.15) is 32.4 Å². The number of amides is 3. The number of aromatic amines is 1. The minimum absolute atomic E-state index is 0.0359. The number of hydrogen-bond acceptors (Lipinski definition) is 8. The maximum absolute atomic E-state index is 13.1. The zero-order valence-electron chi connectivity index (χ0n) is 19.0. The second kappa shape index (κ2) is 14.8. The molecule has 0 aliphatic heterocycles. The molecular weight excluding hydrogens is 468 g/mol. The Balaban J connectivity index is 3.00. The largest absolute Gasteiger partial charge is 0.480 e. The predicted molar refractivity (Wildman–Crippen MR) is 130 cm³/mol. The van der Waals surface area contributed by atoms with Crippen molar-refractivity contribution >= 4 is 48.1 Å². The van der Waals surface area contributed by atoms with Crippen LogP contribution in [0.15, 0.2) is 12.5 Å². The highest BCUT2D eigenvalue weighted by Gasteiger charge is 2.30. The van der Waals surface area contributed by atoms with E-state index >= 15 is 0 Å². The first-order valence-electron chi connectivity index (χ1n) is 10.6. The summed E-state index contributed by atoms with van der Waals surface area (Å²) in [4.78, 5) is 56.6. The van der Waals surface area contributed by atoms with Gasteiger partial charge in [0.05, 0.1) is 12.4 Å². The Morgan fingerprint density at radius 1 is 1.12 bits per heavy atom. The van der Waals surface area contributed by atoms with Gasteiger partial charge in [0.25, 0.3) is 0 Å². The first-order chi connectivity index (χ1) is 15.6. The Kier molecular flexibility index (Phi) is 12.9. The Hall–Kier alpha value is -2.25. The lowest BCUT2D eigenvalue weighted by Crippen LogP contribution is -2.58. The molecule has 0 spiro atoms. The molecule has 11 nitrogen and oxygen atoms in total. The van der Waals surface area contributed by atoms with Gasteiger partial charge in [0, 0.05) is 24.1 Å². The molecule has 0 saturated carbocycles. The number of aliphatic carboxylic acids is 1. The van der Waals surface area contributed by atoms with Crippen molar-refractivity contribution in [2.24, 2.45) is 11.7 Å². The molecule has 0 bridgehead atoms. The van der Waals surface area contributed by atoms with Crippen LogP contribution >= 0.6 is 24.4 Å². The molecule has 4 unspecified atom stereocenters. The molecule has 0 saturated heterocycles. The van der Waals surface area contributed by atoms with Crippen LogP contribution in [0.4, 0.5) is 0 Å². The van der Waals surface area contributed by atoms with Crippen molar-refractivity contribution in [2.45, 2.75) is 57.3 Å². The van der Waals surface area contributed by atoms with Crippen LogP contribution in [-0.4, -0.2) is 80.7 Å². The van der Waals surface area contributed by atoms with Crippen molar-refractivity contribution in [3.8, 4) is 0 Å². The standard InChI is InChI=1S/C20H34N6O5S2/c1-11(2)6-15(18(28)24-14(20(30)31)4-5-33-3)26-19(29)16(7-12-8-22-10-23-12)25-17(27)13(21)9-32/h8,10-11,13-16,32H,4-7,9,21H2,1-3H3,(H,22,23)(H,24,28)(H,25,27)(H,26,29)(H,30,31). The fraction of sp³-hybridized carbons (Fsp3) is 0.650. The molecule has 1 aromatic rings. The van der Waals surface area contributed by atoms with Crippen LogP contribution in [0.3, 0.4) is 0 Å². The van der Waals surface area contributed by atoms with E-state index < -0.39 is 47.9 Å². The highest BCUT2D eigenvalue weighted by molar-refractivity contribution is 7.98. The topological polar surface area (TPSA) is 179 Å². The highest BCUT2D eigenvalue weighted by Crippen LogP contribution is 2.09. The second-order valence-corrected chi connectivity index (χ2v) is 9.35. The summed E-state index contributed by atoms with van der Waals surface area (Å²) in [5.41, 5.74) is 6.31. The molecule has 0 aliphatic rings. The minimum atomic E-state index is -1.14. The molecule has 0 radical (unpaired) electrons. The van der Waals surface area contributed by atoms with Crippen LogP contribution in [0.2, 0.25) is 0 Å². The van der Waals surface area contributed by atoms with E-state index in [-0.39, 0.29) is 30.9 Å². The number of imidazole rings is 1. The number of thiol groups is 1. The number of aromatic nitrogens is 2. The maximum Gasteiger partial charge on any atom is 0.326 e. The first-order valence-corrected chi connectivity index (χ1v) is 12.6. The second-order valence-electron chi connectivity index (χ2n) is 8.00. The number of H-pyrrole nitrogens is 1. The number of carboxylic acids is 1. The van der Waals surface area contributed by atoms with Gasteiger partial charge in [-0.1, -0.05) is 13.8 Å². The van der Waals surface area contributed by atoms with Gasteiger partial charge in [0.1, 0.15) is 18.1 Å². The van der Waals surface area contributed by atoms with Crippen LogP contribution in [0.25, 0.3) is 0 Å². The number of hydrogen-bond donors (Lipinski definition) is 7. The van der Waals surface area contributed by atoms with E-state index in [1.165, 1.54) is 24.3 Å². The van der Waals surface area contributed by atoms with Gasteiger partial charge in [-0.3, -0.25) is 14.4 Å². The summed E-state index contributed by atoms with van der Waals surface area (Å²) >= 11 is 5.48. The predicted octanol–water partition coefficient (Wildman–Crippen LogP) is -0.452. The summed E-state index contributed by atoms with van der Waals surface area (Å²) < 4.78 is 0. The lowest BCUT2D eigenvalue weighted by Gasteiger charge is -2.26. The molecule has 1 rings (SSSR count). The fourth-order valence-corrected chi connectivity index (χ4v) is 3.57. The number of carboxylic acid groups (broad SMARTS) is 1. The summed E-state index contributed by atoms with van der Waals surface area (Å²) in [6.07, 6.45) is 5.44.